The first-order chi connectivity index (χ1) is 16.4. The Morgan fingerprint density at radius 3 is 2.48 bits per heavy atom. The summed E-state index contributed by atoms with van der Waals surface area (Å²) < 4.78 is 0. The van der Waals surface area contributed by atoms with Gasteiger partial charge in [0.1, 0.15) is 0 Å². The van der Waals surface area contributed by atoms with E-state index < -0.39 is 0 Å². The van der Waals surface area contributed by atoms with Gasteiger partial charge in [-0.05, 0) is 63.8 Å². The summed E-state index contributed by atoms with van der Waals surface area (Å²) in [4.78, 5) is 0. The molecule has 6 aliphatic rings. The van der Waals surface area contributed by atoms with Gasteiger partial charge in [0, 0.05) is 17.8 Å². The second kappa shape index (κ2) is 7.87. The molecule has 4 atom stereocenters. The van der Waals surface area contributed by atoms with Crippen LogP contribution in [0.1, 0.15) is 38.5 Å². The molecule has 6 aliphatic carbocycles. The van der Waals surface area contributed by atoms with Gasteiger partial charge in [0.2, 0.25) is 0 Å². The Bertz CT molecular complexity index is 1330. The molecule has 0 nitrogen and oxygen atoms in total. The lowest BCUT2D eigenvalue weighted by atomic mass is 9.66. The van der Waals surface area contributed by atoms with Crippen molar-refractivity contribution < 1.29 is 0 Å². The minimum Gasteiger partial charge on any atom is -0.0837 e. The van der Waals surface area contributed by atoms with E-state index in [1.807, 2.05) is 0 Å². The minimum atomic E-state index is 0.467. The summed E-state index contributed by atoms with van der Waals surface area (Å²) in [5.41, 5.74) is 8.08. The first kappa shape index (κ1) is 19.6. The molecule has 0 amide bonds. The fourth-order valence-electron chi connectivity index (χ4n) is 7.25. The number of hydrogen-bond donors (Lipinski definition) is 0. The number of benzene rings is 1. The van der Waals surface area contributed by atoms with Crippen molar-refractivity contribution in [3.05, 3.63) is 117 Å². The summed E-state index contributed by atoms with van der Waals surface area (Å²) in [5, 5.41) is 2.83. The highest BCUT2D eigenvalue weighted by molar-refractivity contribution is 5.75. The largest absolute Gasteiger partial charge is 0.0837 e. The topological polar surface area (TPSA) is 0 Å². The Morgan fingerprint density at radius 2 is 1.67 bits per heavy atom. The van der Waals surface area contributed by atoms with Gasteiger partial charge in [-0.25, -0.2) is 0 Å². The Kier molecular flexibility index (Phi) is 4.67. The second-order valence-electron chi connectivity index (χ2n) is 10.6. The van der Waals surface area contributed by atoms with Crippen molar-refractivity contribution in [1.29, 1.82) is 0 Å². The van der Waals surface area contributed by atoms with Crippen LogP contribution in [0.5, 0.6) is 0 Å². The van der Waals surface area contributed by atoms with E-state index in [1.165, 1.54) is 48.1 Å². The van der Waals surface area contributed by atoms with E-state index in [9.17, 15) is 0 Å². The van der Waals surface area contributed by atoms with E-state index in [0.29, 0.717) is 23.7 Å². The van der Waals surface area contributed by atoms with Crippen molar-refractivity contribution >= 4 is 12.2 Å². The molecule has 0 heteroatoms. The lowest BCUT2D eigenvalue weighted by Gasteiger charge is -2.38. The highest BCUT2D eigenvalue weighted by Crippen LogP contribution is 2.56. The molecule has 0 aromatic heterocycles. The molecule has 0 saturated heterocycles. The highest BCUT2D eigenvalue weighted by Gasteiger charge is 2.43. The van der Waals surface area contributed by atoms with Crippen LogP contribution in [0, 0.1) is 29.6 Å². The van der Waals surface area contributed by atoms with Gasteiger partial charge in [-0.2, -0.15) is 0 Å². The van der Waals surface area contributed by atoms with Crippen molar-refractivity contribution in [2.24, 2.45) is 29.6 Å². The molecule has 0 spiro atoms. The quantitative estimate of drug-likeness (QED) is 0.505. The van der Waals surface area contributed by atoms with Crippen LogP contribution in [0.15, 0.2) is 107 Å². The molecule has 2 fully saturated rings. The Balaban J connectivity index is 1.44. The highest BCUT2D eigenvalue weighted by atomic mass is 14.5. The fraction of sp³-hybridized carbons (Fsp3) is 0.333. The summed E-state index contributed by atoms with van der Waals surface area (Å²) in [7, 11) is 0. The molecular weight excluding hydrogens is 396 g/mol. The normalized spacial score (nSPS) is 33.0. The van der Waals surface area contributed by atoms with E-state index >= 15 is 0 Å². The van der Waals surface area contributed by atoms with Crippen LogP contribution in [0.25, 0.3) is 12.2 Å². The van der Waals surface area contributed by atoms with Gasteiger partial charge in [0.05, 0.1) is 0 Å². The van der Waals surface area contributed by atoms with Crippen LogP contribution < -0.4 is 10.4 Å². The third-order valence-corrected chi connectivity index (χ3v) is 8.73. The van der Waals surface area contributed by atoms with Gasteiger partial charge in [-0.1, -0.05) is 116 Å². The van der Waals surface area contributed by atoms with Gasteiger partial charge in [-0.15, -0.1) is 0 Å². The van der Waals surface area contributed by atoms with Gasteiger partial charge < -0.3 is 0 Å². The lowest BCUT2D eigenvalue weighted by Crippen LogP contribution is -2.36. The molecular formula is C33H32. The summed E-state index contributed by atoms with van der Waals surface area (Å²) in [6.07, 6.45) is 34.7. The average Bonchev–Trinajstić information content (AvgIpc) is 3.45. The van der Waals surface area contributed by atoms with E-state index in [1.54, 1.807) is 22.3 Å². The summed E-state index contributed by atoms with van der Waals surface area (Å²) in [5.74, 6) is 2.71. The average molecular weight is 429 g/mol. The molecule has 1 aromatic carbocycles. The van der Waals surface area contributed by atoms with Gasteiger partial charge in [0.25, 0.3) is 0 Å². The molecule has 0 aliphatic heterocycles. The standard InChI is InChI=1S/C33H32/c1-3-10-22(11-4-1)18-30-27-16-9-17-28(27)33-31(30)21-26-19-24-14-7-8-15-25(24)20-29(26)32(33)23-12-5-2-6-13-23/h1,3-4,7-10,14-23,26,28-29H,2,5-6,11-13H2. The van der Waals surface area contributed by atoms with Crippen molar-refractivity contribution in [1.82, 2.24) is 0 Å². The zero-order chi connectivity index (χ0) is 21.8. The SMILES string of the molecule is C1=CCC(C=C2C3=CC4C=c5ccccc5=CC4C(C4CCCCC4)=C3C3C=CC=C23)C=C1. The van der Waals surface area contributed by atoms with Gasteiger partial charge in [0.15, 0.2) is 0 Å². The van der Waals surface area contributed by atoms with Crippen LogP contribution in [0.3, 0.4) is 0 Å². The first-order valence-electron chi connectivity index (χ1n) is 13.1. The molecule has 0 N–H and O–H groups in total. The van der Waals surface area contributed by atoms with Crippen LogP contribution in [-0.4, -0.2) is 0 Å². The molecule has 2 saturated carbocycles. The lowest BCUT2D eigenvalue weighted by molar-refractivity contribution is 0.374. The molecule has 33 heavy (non-hydrogen) atoms. The Labute approximate surface area is 197 Å². The molecule has 4 unspecified atom stereocenters. The number of hydrogen-bond acceptors (Lipinski definition) is 0. The second-order valence-corrected chi connectivity index (χ2v) is 10.6. The third-order valence-electron chi connectivity index (χ3n) is 8.73. The minimum absolute atomic E-state index is 0.467. The maximum Gasteiger partial charge on any atom is 0.0284 e. The summed E-state index contributed by atoms with van der Waals surface area (Å²) >= 11 is 0. The van der Waals surface area contributed by atoms with E-state index in [4.69, 9.17) is 0 Å². The first-order valence-corrected chi connectivity index (χ1v) is 13.1. The predicted octanol–water partition coefficient (Wildman–Crippen LogP) is 6.50. The molecule has 0 heterocycles. The molecule has 0 bridgehead atoms. The molecule has 0 radical (unpaired) electrons. The van der Waals surface area contributed by atoms with E-state index in [2.05, 4.69) is 91.1 Å². The van der Waals surface area contributed by atoms with Crippen LogP contribution >= 0.6 is 0 Å². The summed E-state index contributed by atoms with van der Waals surface area (Å²) in [6.45, 7) is 0. The van der Waals surface area contributed by atoms with Crippen LogP contribution in [0.4, 0.5) is 0 Å². The van der Waals surface area contributed by atoms with Crippen molar-refractivity contribution in [3.8, 4) is 0 Å². The molecule has 1 aromatic rings. The predicted molar refractivity (Wildman–Crippen MR) is 138 cm³/mol. The zero-order valence-electron chi connectivity index (χ0n) is 19.3. The van der Waals surface area contributed by atoms with Crippen LogP contribution in [-0.2, 0) is 0 Å². The maximum absolute atomic E-state index is 2.64. The van der Waals surface area contributed by atoms with Crippen molar-refractivity contribution in [2.45, 2.75) is 38.5 Å². The van der Waals surface area contributed by atoms with Crippen LogP contribution in [0.2, 0.25) is 0 Å². The number of allylic oxidation sites excluding steroid dienone is 14. The number of rotatable bonds is 2. The van der Waals surface area contributed by atoms with E-state index in [0.717, 1.165) is 12.3 Å². The Morgan fingerprint density at radius 1 is 0.818 bits per heavy atom. The van der Waals surface area contributed by atoms with Crippen molar-refractivity contribution in [2.75, 3.05) is 0 Å². The van der Waals surface area contributed by atoms with Gasteiger partial charge >= 0.3 is 0 Å². The fourth-order valence-corrected chi connectivity index (χ4v) is 7.25. The van der Waals surface area contributed by atoms with Crippen molar-refractivity contribution in [3.63, 3.8) is 0 Å². The Hall–Kier alpha value is -2.86. The molecule has 7 rings (SSSR count). The summed E-state index contributed by atoms with van der Waals surface area (Å²) in [6, 6.07) is 9.00. The third kappa shape index (κ3) is 3.18. The monoisotopic (exact) mass is 428 g/mol. The molecule has 164 valence electrons. The number of fused-ring (bicyclic) bond motifs is 5. The van der Waals surface area contributed by atoms with E-state index in [-0.39, 0.29) is 0 Å². The van der Waals surface area contributed by atoms with Gasteiger partial charge in [-0.3, -0.25) is 0 Å². The zero-order valence-corrected chi connectivity index (χ0v) is 19.3. The smallest absolute Gasteiger partial charge is 0.0284 e. The maximum atomic E-state index is 2.64.